The summed E-state index contributed by atoms with van der Waals surface area (Å²) in [7, 11) is 0. The van der Waals surface area contributed by atoms with Crippen LogP contribution in [0.3, 0.4) is 0 Å². The van der Waals surface area contributed by atoms with E-state index in [-0.39, 0.29) is 6.61 Å². The molecule has 1 aromatic carbocycles. The van der Waals surface area contributed by atoms with Gasteiger partial charge in [0.15, 0.2) is 0 Å². The van der Waals surface area contributed by atoms with E-state index >= 15 is 0 Å². The van der Waals surface area contributed by atoms with E-state index in [2.05, 4.69) is 22.5 Å². The van der Waals surface area contributed by atoms with Crippen molar-refractivity contribution < 1.29 is 5.11 Å². The second-order valence-electron chi connectivity index (χ2n) is 3.77. The van der Waals surface area contributed by atoms with E-state index in [1.54, 1.807) is 11.8 Å². The molecule has 0 unspecified atom stereocenters. The van der Waals surface area contributed by atoms with Crippen molar-refractivity contribution >= 4 is 11.8 Å². The lowest BCUT2D eigenvalue weighted by Crippen LogP contribution is -1.97. The molecule has 0 radical (unpaired) electrons. The summed E-state index contributed by atoms with van der Waals surface area (Å²) >= 11 is 1.77. The molecule has 0 aliphatic carbocycles. The highest BCUT2D eigenvalue weighted by Crippen LogP contribution is 2.23. The van der Waals surface area contributed by atoms with Crippen LogP contribution in [-0.2, 0) is 18.9 Å². The van der Waals surface area contributed by atoms with Gasteiger partial charge in [-0.3, -0.25) is 0 Å². The van der Waals surface area contributed by atoms with Gasteiger partial charge in [-0.2, -0.15) is 0 Å². The summed E-state index contributed by atoms with van der Waals surface area (Å²) in [5.74, 6) is 0.905. The van der Waals surface area contributed by atoms with Crippen LogP contribution in [0.25, 0.3) is 0 Å². The zero-order chi connectivity index (χ0) is 12.1. The molecule has 17 heavy (non-hydrogen) atoms. The molecule has 2 aromatic rings. The second-order valence-corrected chi connectivity index (χ2v) is 4.81. The Kier molecular flexibility index (Phi) is 4.23. The molecule has 0 aliphatic heterocycles. The van der Waals surface area contributed by atoms with Crippen LogP contribution in [0.2, 0.25) is 0 Å². The van der Waals surface area contributed by atoms with Crippen molar-refractivity contribution in [3.05, 3.63) is 48.0 Å². The molecule has 0 atom stereocenters. The van der Waals surface area contributed by atoms with E-state index in [0.29, 0.717) is 0 Å². The maximum Gasteiger partial charge on any atom is 0.0948 e. The Morgan fingerprint density at radius 3 is 3.06 bits per heavy atom. The summed E-state index contributed by atoms with van der Waals surface area (Å²) in [4.78, 5) is 5.33. The third kappa shape index (κ3) is 3.11. The highest BCUT2D eigenvalue weighted by molar-refractivity contribution is 7.98. The number of imidazole rings is 1. The van der Waals surface area contributed by atoms with Gasteiger partial charge in [0, 0.05) is 29.1 Å². The fourth-order valence-corrected chi connectivity index (χ4v) is 2.61. The summed E-state index contributed by atoms with van der Waals surface area (Å²) in [6.07, 6.45) is 3.77. The van der Waals surface area contributed by atoms with Gasteiger partial charge in [0.25, 0.3) is 0 Å². The molecular formula is C13H16N2OS. The largest absolute Gasteiger partial charge is 0.392 e. The zero-order valence-electron chi connectivity index (χ0n) is 9.84. The van der Waals surface area contributed by atoms with Crippen molar-refractivity contribution in [2.45, 2.75) is 30.7 Å². The normalized spacial score (nSPS) is 10.7. The van der Waals surface area contributed by atoms with E-state index in [1.807, 2.05) is 30.7 Å². The van der Waals surface area contributed by atoms with E-state index in [9.17, 15) is 0 Å². The molecule has 0 fully saturated rings. The number of hydrogen-bond donors (Lipinski definition) is 1. The fourth-order valence-electron chi connectivity index (χ4n) is 1.64. The standard InChI is InChI=1S/C13H16N2OS/c1-2-15-10-14-7-12(15)9-17-13-5-3-4-11(6-13)8-16/h3-7,10,16H,2,8-9H2,1H3. The molecule has 1 aromatic heterocycles. The van der Waals surface area contributed by atoms with Crippen LogP contribution >= 0.6 is 11.8 Å². The first-order chi connectivity index (χ1) is 8.33. The van der Waals surface area contributed by atoms with Gasteiger partial charge in [-0.1, -0.05) is 12.1 Å². The number of aromatic nitrogens is 2. The quantitative estimate of drug-likeness (QED) is 0.827. The lowest BCUT2D eigenvalue weighted by atomic mass is 10.2. The summed E-state index contributed by atoms with van der Waals surface area (Å²) < 4.78 is 2.14. The number of rotatable bonds is 5. The van der Waals surface area contributed by atoms with Crippen molar-refractivity contribution in [3.63, 3.8) is 0 Å². The van der Waals surface area contributed by atoms with E-state index in [1.165, 1.54) is 10.6 Å². The molecule has 2 rings (SSSR count). The Balaban J connectivity index is 2.02. The molecule has 0 saturated carbocycles. The summed E-state index contributed by atoms with van der Waals surface area (Å²) in [6, 6.07) is 8.00. The van der Waals surface area contributed by atoms with Crippen molar-refractivity contribution in [1.82, 2.24) is 9.55 Å². The minimum absolute atomic E-state index is 0.0985. The van der Waals surface area contributed by atoms with Gasteiger partial charge in [0.1, 0.15) is 0 Å². The summed E-state index contributed by atoms with van der Waals surface area (Å²) in [6.45, 7) is 3.16. The molecule has 1 N–H and O–H groups in total. The Labute approximate surface area is 106 Å². The second kappa shape index (κ2) is 5.89. The number of aliphatic hydroxyl groups excluding tert-OH is 1. The number of aryl methyl sites for hydroxylation is 1. The van der Waals surface area contributed by atoms with Gasteiger partial charge in [-0.15, -0.1) is 11.8 Å². The van der Waals surface area contributed by atoms with Crippen LogP contribution in [0.1, 0.15) is 18.2 Å². The van der Waals surface area contributed by atoms with E-state index in [4.69, 9.17) is 5.11 Å². The Bertz CT molecular complexity index is 482. The van der Waals surface area contributed by atoms with Crippen molar-refractivity contribution in [3.8, 4) is 0 Å². The minimum atomic E-state index is 0.0985. The number of nitrogens with zero attached hydrogens (tertiary/aromatic N) is 2. The Morgan fingerprint density at radius 2 is 2.29 bits per heavy atom. The highest BCUT2D eigenvalue weighted by Gasteiger charge is 2.02. The number of hydrogen-bond acceptors (Lipinski definition) is 3. The summed E-state index contributed by atoms with van der Waals surface area (Å²) in [5.41, 5.74) is 2.19. The molecule has 0 spiro atoms. The monoisotopic (exact) mass is 248 g/mol. The lowest BCUT2D eigenvalue weighted by Gasteiger charge is -2.05. The maximum atomic E-state index is 9.07. The first-order valence-corrected chi connectivity index (χ1v) is 6.63. The van der Waals surface area contributed by atoms with Gasteiger partial charge < -0.3 is 9.67 Å². The topological polar surface area (TPSA) is 38.0 Å². The molecule has 3 nitrogen and oxygen atoms in total. The molecular weight excluding hydrogens is 232 g/mol. The van der Waals surface area contributed by atoms with Crippen molar-refractivity contribution in [2.24, 2.45) is 0 Å². The average Bonchev–Trinajstić information content (AvgIpc) is 2.84. The predicted molar refractivity (Wildman–Crippen MR) is 69.8 cm³/mol. The van der Waals surface area contributed by atoms with Crippen LogP contribution in [0.4, 0.5) is 0 Å². The van der Waals surface area contributed by atoms with Crippen LogP contribution < -0.4 is 0 Å². The Hall–Kier alpha value is -1.26. The highest BCUT2D eigenvalue weighted by atomic mass is 32.2. The first-order valence-electron chi connectivity index (χ1n) is 5.65. The van der Waals surface area contributed by atoms with Gasteiger partial charge in [-0.25, -0.2) is 4.98 Å². The van der Waals surface area contributed by atoms with Crippen LogP contribution in [-0.4, -0.2) is 14.7 Å². The van der Waals surface area contributed by atoms with E-state index < -0.39 is 0 Å². The molecule has 0 amide bonds. The molecule has 90 valence electrons. The molecule has 1 heterocycles. The lowest BCUT2D eigenvalue weighted by molar-refractivity contribution is 0.281. The number of thioether (sulfide) groups is 1. The summed E-state index contributed by atoms with van der Waals surface area (Å²) in [5, 5.41) is 9.07. The molecule has 4 heteroatoms. The van der Waals surface area contributed by atoms with Gasteiger partial charge >= 0.3 is 0 Å². The Morgan fingerprint density at radius 1 is 1.41 bits per heavy atom. The van der Waals surface area contributed by atoms with Gasteiger partial charge in [0.2, 0.25) is 0 Å². The van der Waals surface area contributed by atoms with Crippen LogP contribution in [0.5, 0.6) is 0 Å². The zero-order valence-corrected chi connectivity index (χ0v) is 10.7. The SMILES string of the molecule is CCn1cncc1CSc1cccc(CO)c1. The van der Waals surface area contributed by atoms with Gasteiger partial charge in [0.05, 0.1) is 12.9 Å². The smallest absolute Gasteiger partial charge is 0.0948 e. The van der Waals surface area contributed by atoms with E-state index in [0.717, 1.165) is 17.9 Å². The molecule has 0 aliphatic rings. The van der Waals surface area contributed by atoms with Crippen LogP contribution in [0.15, 0.2) is 41.7 Å². The maximum absolute atomic E-state index is 9.07. The number of aliphatic hydroxyl groups is 1. The third-order valence-corrected chi connectivity index (χ3v) is 3.63. The van der Waals surface area contributed by atoms with Gasteiger partial charge in [-0.05, 0) is 24.6 Å². The predicted octanol–water partition coefficient (Wildman–Crippen LogP) is 2.69. The van der Waals surface area contributed by atoms with Crippen molar-refractivity contribution in [1.29, 1.82) is 0 Å². The number of benzene rings is 1. The van der Waals surface area contributed by atoms with Crippen LogP contribution in [0, 0.1) is 0 Å². The molecule has 0 saturated heterocycles. The first kappa shape index (κ1) is 12.2. The minimum Gasteiger partial charge on any atom is -0.392 e. The third-order valence-electron chi connectivity index (χ3n) is 2.61. The fraction of sp³-hybridized carbons (Fsp3) is 0.308. The van der Waals surface area contributed by atoms with Crippen molar-refractivity contribution in [2.75, 3.05) is 0 Å². The molecule has 0 bridgehead atoms. The average molecular weight is 248 g/mol.